The number of nitrogens with zero attached hydrogens (tertiary/aromatic N) is 2. The predicted octanol–water partition coefficient (Wildman–Crippen LogP) is 5.69. The molecule has 190 valence electrons. The molecular formula is C26H28N2O7S. The van der Waals surface area contributed by atoms with Gasteiger partial charge in [0.25, 0.3) is 5.70 Å². The Morgan fingerprint density at radius 2 is 1.75 bits per heavy atom. The molecule has 2 aromatic rings. The number of esters is 1. The van der Waals surface area contributed by atoms with Gasteiger partial charge in [-0.2, -0.15) is 0 Å². The van der Waals surface area contributed by atoms with Crippen LogP contribution in [0.25, 0.3) is 0 Å². The lowest BCUT2D eigenvalue weighted by Gasteiger charge is -2.35. The number of carbonyl (C=O) groups excluding carboxylic acids is 1. The van der Waals surface area contributed by atoms with Crippen LogP contribution >= 0.6 is 11.8 Å². The molecule has 1 aliphatic rings. The zero-order chi connectivity index (χ0) is 26.4. The number of nitro groups is 1. The average molecular weight is 513 g/mol. The highest BCUT2D eigenvalue weighted by Crippen LogP contribution is 2.49. The van der Waals surface area contributed by atoms with E-state index in [1.807, 2.05) is 31.2 Å². The summed E-state index contributed by atoms with van der Waals surface area (Å²) in [7, 11) is 0. The first-order valence-corrected chi connectivity index (χ1v) is 12.1. The number of para-hydroxylation sites is 1. The second kappa shape index (κ2) is 11.8. The molecule has 1 atom stereocenters. The molecule has 9 nitrogen and oxygen atoms in total. The van der Waals surface area contributed by atoms with Gasteiger partial charge in [0.05, 0.1) is 17.2 Å². The smallest absolute Gasteiger partial charge is 0.369 e. The number of benzene rings is 2. The molecule has 1 heterocycles. The van der Waals surface area contributed by atoms with Gasteiger partial charge in [0.15, 0.2) is 0 Å². The molecule has 2 aromatic carbocycles. The third-order valence-corrected chi connectivity index (χ3v) is 6.76. The zero-order valence-electron chi connectivity index (χ0n) is 20.5. The Bertz CT molecular complexity index is 1220. The van der Waals surface area contributed by atoms with Crippen LogP contribution in [0.15, 0.2) is 70.5 Å². The van der Waals surface area contributed by atoms with Crippen molar-refractivity contribution in [2.45, 2.75) is 40.2 Å². The van der Waals surface area contributed by atoms with Crippen LogP contribution in [0.5, 0.6) is 5.75 Å². The molecule has 3 rings (SSSR count). The van der Waals surface area contributed by atoms with Crippen LogP contribution in [0.1, 0.15) is 43.4 Å². The van der Waals surface area contributed by atoms with Crippen LogP contribution in [-0.4, -0.2) is 39.4 Å². The number of hydrogen-bond acceptors (Lipinski definition) is 8. The first-order chi connectivity index (χ1) is 17.1. The first-order valence-electron chi connectivity index (χ1n) is 11.2. The Balaban J connectivity index is 2.06. The number of carbonyl (C=O) groups is 2. The predicted molar refractivity (Wildman–Crippen MR) is 136 cm³/mol. The number of allylic oxidation sites excluding steroid dienone is 3. The van der Waals surface area contributed by atoms with E-state index in [0.717, 1.165) is 11.1 Å². The average Bonchev–Trinajstić information content (AvgIpc) is 2.82. The minimum Gasteiger partial charge on any atom is -0.489 e. The van der Waals surface area contributed by atoms with Crippen molar-refractivity contribution in [3.8, 4) is 5.75 Å². The normalized spacial score (nSPS) is 15.7. The Hall–Kier alpha value is -3.79. The molecular weight excluding hydrogens is 484 g/mol. The molecule has 1 unspecified atom stereocenters. The van der Waals surface area contributed by atoms with Crippen molar-refractivity contribution in [2.24, 2.45) is 0 Å². The summed E-state index contributed by atoms with van der Waals surface area (Å²) in [5.41, 5.74) is 3.28. The topological polar surface area (TPSA) is 119 Å². The molecule has 0 saturated carbocycles. The molecule has 0 spiro atoms. The van der Waals surface area contributed by atoms with Crippen molar-refractivity contribution in [2.75, 3.05) is 13.2 Å². The number of hydrogen-bond donors (Lipinski definition) is 1. The molecule has 0 bridgehead atoms. The fourth-order valence-electron chi connectivity index (χ4n) is 4.13. The third-order valence-electron chi connectivity index (χ3n) is 5.83. The SMILES string of the molecule is CC(=O)OCCN1C(C)=C(SC(=O)O)C(c2ccccc2OCc2ccc(C)cc2)C([N+](=O)[O-])=C1C. The van der Waals surface area contributed by atoms with Gasteiger partial charge in [-0.15, -0.1) is 0 Å². The fourth-order valence-corrected chi connectivity index (χ4v) is 4.93. The van der Waals surface area contributed by atoms with Crippen molar-refractivity contribution in [3.05, 3.63) is 97.3 Å². The fraction of sp³-hybridized carbons (Fsp3) is 0.308. The molecule has 1 aliphatic heterocycles. The standard InChI is InChI=1S/C26H28N2O7S/c1-16-9-11-20(12-10-16)15-35-22-8-6-5-7-21(22)23-24(28(32)33)17(2)27(13-14-34-19(4)29)18(3)25(23)36-26(30)31/h5-12,23H,13-15H2,1-4H3,(H,30,31). The van der Waals surface area contributed by atoms with Crippen molar-refractivity contribution in [3.63, 3.8) is 0 Å². The molecule has 1 N–H and O–H groups in total. The Morgan fingerprint density at radius 3 is 2.36 bits per heavy atom. The summed E-state index contributed by atoms with van der Waals surface area (Å²) in [6.07, 6.45) is 0. The maximum absolute atomic E-state index is 12.4. The minimum absolute atomic E-state index is 0.000933. The van der Waals surface area contributed by atoms with Gasteiger partial charge < -0.3 is 19.5 Å². The van der Waals surface area contributed by atoms with Crippen molar-refractivity contribution in [1.29, 1.82) is 0 Å². The summed E-state index contributed by atoms with van der Waals surface area (Å²) in [5.74, 6) is -0.998. The summed E-state index contributed by atoms with van der Waals surface area (Å²) < 4.78 is 11.1. The van der Waals surface area contributed by atoms with E-state index < -0.39 is 22.1 Å². The third kappa shape index (κ3) is 6.25. The molecule has 0 amide bonds. The van der Waals surface area contributed by atoms with Gasteiger partial charge in [0.2, 0.25) is 0 Å². The van der Waals surface area contributed by atoms with E-state index in [9.17, 15) is 24.8 Å². The van der Waals surface area contributed by atoms with Gasteiger partial charge in [-0.3, -0.25) is 14.9 Å². The van der Waals surface area contributed by atoms with Gasteiger partial charge in [-0.1, -0.05) is 48.0 Å². The van der Waals surface area contributed by atoms with E-state index >= 15 is 0 Å². The van der Waals surface area contributed by atoms with Gasteiger partial charge in [0, 0.05) is 23.1 Å². The number of ether oxygens (including phenoxy) is 2. The van der Waals surface area contributed by atoms with E-state index in [0.29, 0.717) is 39.4 Å². The Kier molecular flexibility index (Phi) is 8.76. The second-order valence-corrected chi connectivity index (χ2v) is 9.28. The van der Waals surface area contributed by atoms with Gasteiger partial charge >= 0.3 is 11.3 Å². The lowest BCUT2D eigenvalue weighted by molar-refractivity contribution is -0.431. The number of aryl methyl sites for hydroxylation is 1. The molecule has 0 fully saturated rings. The van der Waals surface area contributed by atoms with Crippen LogP contribution in [0.4, 0.5) is 4.79 Å². The molecule has 0 aromatic heterocycles. The van der Waals surface area contributed by atoms with Gasteiger partial charge in [-0.05, 0) is 44.2 Å². The highest BCUT2D eigenvalue weighted by atomic mass is 32.2. The second-order valence-electron chi connectivity index (χ2n) is 8.28. The van der Waals surface area contributed by atoms with Crippen molar-refractivity contribution in [1.82, 2.24) is 4.90 Å². The first kappa shape index (κ1) is 26.8. The van der Waals surface area contributed by atoms with Gasteiger partial charge in [-0.25, -0.2) is 4.79 Å². The van der Waals surface area contributed by atoms with Crippen molar-refractivity contribution < 1.29 is 29.1 Å². The van der Waals surface area contributed by atoms with E-state index in [1.165, 1.54) is 6.92 Å². The number of carboxylic acid groups (broad SMARTS) is 1. The van der Waals surface area contributed by atoms with E-state index in [-0.39, 0.29) is 25.5 Å². The largest absolute Gasteiger partial charge is 0.489 e. The van der Waals surface area contributed by atoms with E-state index in [2.05, 4.69) is 0 Å². The lowest BCUT2D eigenvalue weighted by atomic mass is 9.89. The highest BCUT2D eigenvalue weighted by molar-refractivity contribution is 8.16. The molecule has 0 saturated heterocycles. The zero-order valence-corrected chi connectivity index (χ0v) is 21.3. The Labute approximate surface area is 213 Å². The molecule has 36 heavy (non-hydrogen) atoms. The summed E-state index contributed by atoms with van der Waals surface area (Å²) in [4.78, 5) is 36.8. The van der Waals surface area contributed by atoms with Crippen LogP contribution in [0.2, 0.25) is 0 Å². The molecule has 0 aliphatic carbocycles. The van der Waals surface area contributed by atoms with Crippen molar-refractivity contribution >= 4 is 23.0 Å². The van der Waals surface area contributed by atoms with Crippen LogP contribution in [0.3, 0.4) is 0 Å². The van der Waals surface area contributed by atoms with E-state index in [4.69, 9.17) is 9.47 Å². The summed E-state index contributed by atoms with van der Waals surface area (Å²) >= 11 is 0.531. The van der Waals surface area contributed by atoms with Gasteiger partial charge in [0.1, 0.15) is 24.9 Å². The van der Waals surface area contributed by atoms with Crippen LogP contribution in [0, 0.1) is 17.0 Å². The molecule has 10 heteroatoms. The minimum atomic E-state index is -1.19. The monoisotopic (exact) mass is 512 g/mol. The maximum atomic E-state index is 12.4. The Morgan fingerprint density at radius 1 is 1.08 bits per heavy atom. The molecule has 0 radical (unpaired) electrons. The summed E-state index contributed by atoms with van der Waals surface area (Å²) in [6.45, 7) is 6.99. The highest BCUT2D eigenvalue weighted by Gasteiger charge is 2.42. The van der Waals surface area contributed by atoms with E-state index in [1.54, 1.807) is 43.0 Å². The summed E-state index contributed by atoms with van der Waals surface area (Å²) in [6, 6.07) is 14.8. The number of thioether (sulfide) groups is 1. The van der Waals surface area contributed by atoms with Crippen LogP contribution < -0.4 is 4.74 Å². The number of rotatable bonds is 9. The van der Waals surface area contributed by atoms with Crippen LogP contribution in [-0.2, 0) is 16.1 Å². The lowest BCUT2D eigenvalue weighted by Crippen LogP contribution is -2.34. The summed E-state index contributed by atoms with van der Waals surface area (Å²) in [5, 5.41) is 20.8. The maximum Gasteiger partial charge on any atom is 0.369 e. The quantitative estimate of drug-likeness (QED) is 0.257.